The number of carboxylic acid groups (broad SMARTS) is 1. The number of carbonyl (C=O) groups excluding carboxylic acids is 1. The zero-order chi connectivity index (χ0) is 13.3. The highest BCUT2D eigenvalue weighted by atomic mass is 16.4. The molecule has 1 fully saturated rings. The molecule has 1 N–H and O–H groups in total. The van der Waals surface area contributed by atoms with Crippen molar-refractivity contribution in [1.29, 1.82) is 0 Å². The summed E-state index contributed by atoms with van der Waals surface area (Å²) in [5.74, 6) is -0.916. The quantitative estimate of drug-likeness (QED) is 0.867. The normalized spacial score (nSPS) is 19.6. The van der Waals surface area contributed by atoms with E-state index in [9.17, 15) is 9.59 Å². The lowest BCUT2D eigenvalue weighted by molar-refractivity contribution is -0.141. The Bertz CT molecular complexity index is 481. The maximum atomic E-state index is 11.9. The van der Waals surface area contributed by atoms with Crippen LogP contribution < -0.4 is 4.90 Å². The molecule has 0 radical (unpaired) electrons. The van der Waals surface area contributed by atoms with Gasteiger partial charge in [0.15, 0.2) is 0 Å². The van der Waals surface area contributed by atoms with Crippen LogP contribution in [0.25, 0.3) is 0 Å². The van der Waals surface area contributed by atoms with Gasteiger partial charge in [0.25, 0.3) is 0 Å². The molecule has 98 valence electrons. The molecule has 0 saturated carbocycles. The molecule has 2 rings (SSSR count). The van der Waals surface area contributed by atoms with Crippen molar-refractivity contribution in [2.24, 2.45) is 5.92 Å². The fourth-order valence-electron chi connectivity index (χ4n) is 2.28. The summed E-state index contributed by atoms with van der Waals surface area (Å²) in [5.41, 5.74) is 0.905. The zero-order valence-corrected chi connectivity index (χ0v) is 10.6. The number of carbonyl (C=O) groups is 2. The smallest absolute Gasteiger partial charge is 0.308 e. The van der Waals surface area contributed by atoms with E-state index in [2.05, 4.69) is 5.10 Å². The molecule has 0 spiro atoms. The lowest BCUT2D eigenvalue weighted by atomic mass is 10.1. The first-order valence-corrected chi connectivity index (χ1v) is 6.10. The van der Waals surface area contributed by atoms with Gasteiger partial charge in [0.05, 0.1) is 12.1 Å². The molecule has 6 heteroatoms. The lowest BCUT2D eigenvalue weighted by Gasteiger charge is -2.18. The molecule has 1 unspecified atom stereocenters. The summed E-state index contributed by atoms with van der Waals surface area (Å²) in [6, 6.07) is 0. The summed E-state index contributed by atoms with van der Waals surface area (Å²) in [5, 5.41) is 13.2. The number of nitrogens with zero attached hydrogens (tertiary/aromatic N) is 3. The molecule has 0 bridgehead atoms. The van der Waals surface area contributed by atoms with Crippen molar-refractivity contribution in [3.05, 3.63) is 11.8 Å². The number of rotatable bonds is 4. The van der Waals surface area contributed by atoms with Gasteiger partial charge in [-0.3, -0.25) is 14.5 Å². The van der Waals surface area contributed by atoms with E-state index in [1.807, 2.05) is 13.8 Å². The Hall–Kier alpha value is -1.85. The molecule has 0 aliphatic carbocycles. The second kappa shape index (κ2) is 4.80. The largest absolute Gasteiger partial charge is 0.481 e. The van der Waals surface area contributed by atoms with Crippen LogP contribution in [-0.2, 0) is 16.1 Å². The molecule has 0 aromatic carbocycles. The van der Waals surface area contributed by atoms with E-state index in [0.717, 1.165) is 24.3 Å². The molecule has 1 aliphatic rings. The van der Waals surface area contributed by atoms with Crippen molar-refractivity contribution in [2.75, 3.05) is 11.4 Å². The van der Waals surface area contributed by atoms with Gasteiger partial charge in [0, 0.05) is 25.1 Å². The third-order valence-electron chi connectivity index (χ3n) is 3.15. The number of amides is 1. The van der Waals surface area contributed by atoms with Crippen LogP contribution in [0.2, 0.25) is 0 Å². The fourth-order valence-corrected chi connectivity index (χ4v) is 2.28. The SMILES string of the molecule is CCCn1ncc(C)c1N1CC(C(=O)O)CC1=O. The van der Waals surface area contributed by atoms with Crippen molar-refractivity contribution >= 4 is 17.7 Å². The Morgan fingerprint density at radius 3 is 2.89 bits per heavy atom. The average Bonchev–Trinajstić information content (AvgIpc) is 2.84. The average molecular weight is 251 g/mol. The van der Waals surface area contributed by atoms with E-state index in [0.29, 0.717) is 0 Å². The predicted molar refractivity (Wildman–Crippen MR) is 65.4 cm³/mol. The first kappa shape index (κ1) is 12.6. The summed E-state index contributed by atoms with van der Waals surface area (Å²) in [7, 11) is 0. The molecular formula is C12H17N3O3. The summed E-state index contributed by atoms with van der Waals surface area (Å²) >= 11 is 0. The highest BCUT2D eigenvalue weighted by Gasteiger charge is 2.37. The molecule has 1 amide bonds. The molecule has 1 saturated heterocycles. The van der Waals surface area contributed by atoms with Crippen molar-refractivity contribution in [2.45, 2.75) is 33.2 Å². The standard InChI is InChI=1S/C12H17N3O3/c1-3-4-15-11(8(2)6-13-15)14-7-9(12(17)18)5-10(14)16/h6,9H,3-5,7H2,1-2H3,(H,17,18). The third-order valence-corrected chi connectivity index (χ3v) is 3.15. The highest BCUT2D eigenvalue weighted by Crippen LogP contribution is 2.28. The Morgan fingerprint density at radius 1 is 1.61 bits per heavy atom. The summed E-state index contributed by atoms with van der Waals surface area (Å²) in [6.07, 6.45) is 2.71. The van der Waals surface area contributed by atoms with Gasteiger partial charge in [-0.05, 0) is 13.3 Å². The van der Waals surface area contributed by atoms with E-state index in [-0.39, 0.29) is 18.9 Å². The molecule has 2 heterocycles. The van der Waals surface area contributed by atoms with Crippen LogP contribution in [-0.4, -0.2) is 33.3 Å². The maximum absolute atomic E-state index is 11.9. The second-order valence-corrected chi connectivity index (χ2v) is 4.62. The third kappa shape index (κ3) is 2.10. The van der Waals surface area contributed by atoms with Crippen LogP contribution in [0, 0.1) is 12.8 Å². The molecule has 1 aromatic heterocycles. The molecule has 1 aromatic rings. The summed E-state index contributed by atoms with van der Waals surface area (Å²) in [6.45, 7) is 4.89. The van der Waals surface area contributed by atoms with Gasteiger partial charge in [0.2, 0.25) is 5.91 Å². The van der Waals surface area contributed by atoms with Crippen LogP contribution in [0.4, 0.5) is 5.82 Å². The number of carboxylic acids is 1. The van der Waals surface area contributed by atoms with Crippen molar-refractivity contribution in [3.63, 3.8) is 0 Å². The van der Waals surface area contributed by atoms with Gasteiger partial charge in [0.1, 0.15) is 5.82 Å². The van der Waals surface area contributed by atoms with E-state index in [1.165, 1.54) is 0 Å². The van der Waals surface area contributed by atoms with Gasteiger partial charge >= 0.3 is 5.97 Å². The van der Waals surface area contributed by atoms with Gasteiger partial charge in [-0.15, -0.1) is 0 Å². The van der Waals surface area contributed by atoms with E-state index in [4.69, 9.17) is 5.11 Å². The molecule has 18 heavy (non-hydrogen) atoms. The second-order valence-electron chi connectivity index (χ2n) is 4.62. The van der Waals surface area contributed by atoms with E-state index in [1.54, 1.807) is 15.8 Å². The van der Waals surface area contributed by atoms with Gasteiger partial charge < -0.3 is 5.11 Å². The monoisotopic (exact) mass is 251 g/mol. The number of aliphatic carboxylic acids is 1. The number of hydrogen-bond donors (Lipinski definition) is 1. The van der Waals surface area contributed by atoms with Crippen LogP contribution in [0.15, 0.2) is 6.20 Å². The van der Waals surface area contributed by atoms with Crippen molar-refractivity contribution in [1.82, 2.24) is 9.78 Å². The molecule has 1 aliphatic heterocycles. The number of hydrogen-bond acceptors (Lipinski definition) is 3. The molecular weight excluding hydrogens is 234 g/mol. The number of aromatic nitrogens is 2. The number of aryl methyl sites for hydroxylation is 2. The van der Waals surface area contributed by atoms with E-state index < -0.39 is 11.9 Å². The van der Waals surface area contributed by atoms with Crippen LogP contribution in [0.3, 0.4) is 0 Å². The van der Waals surface area contributed by atoms with Crippen LogP contribution in [0.1, 0.15) is 25.3 Å². The Labute approximate surface area is 105 Å². The number of anilines is 1. The summed E-state index contributed by atoms with van der Waals surface area (Å²) in [4.78, 5) is 24.4. The van der Waals surface area contributed by atoms with Crippen LogP contribution in [0.5, 0.6) is 0 Å². The topological polar surface area (TPSA) is 75.4 Å². The summed E-state index contributed by atoms with van der Waals surface area (Å²) < 4.78 is 1.78. The lowest BCUT2D eigenvalue weighted by Crippen LogP contribution is -2.29. The predicted octanol–water partition coefficient (Wildman–Crippen LogP) is 1.04. The van der Waals surface area contributed by atoms with Gasteiger partial charge in [-0.25, -0.2) is 4.68 Å². The van der Waals surface area contributed by atoms with Gasteiger partial charge in [-0.2, -0.15) is 5.10 Å². The minimum atomic E-state index is -0.912. The van der Waals surface area contributed by atoms with Crippen molar-refractivity contribution < 1.29 is 14.7 Å². The minimum Gasteiger partial charge on any atom is -0.481 e. The van der Waals surface area contributed by atoms with Crippen molar-refractivity contribution in [3.8, 4) is 0 Å². The minimum absolute atomic E-state index is 0.0755. The first-order chi connectivity index (χ1) is 8.54. The fraction of sp³-hybridized carbons (Fsp3) is 0.583. The van der Waals surface area contributed by atoms with Gasteiger partial charge in [-0.1, -0.05) is 6.92 Å². The van der Waals surface area contributed by atoms with E-state index >= 15 is 0 Å². The first-order valence-electron chi connectivity index (χ1n) is 6.10. The Morgan fingerprint density at radius 2 is 2.33 bits per heavy atom. The molecule has 1 atom stereocenters. The maximum Gasteiger partial charge on any atom is 0.308 e. The Kier molecular flexibility index (Phi) is 3.36. The molecule has 6 nitrogen and oxygen atoms in total. The zero-order valence-electron chi connectivity index (χ0n) is 10.6. The van der Waals surface area contributed by atoms with Crippen LogP contribution >= 0.6 is 0 Å². The Balaban J connectivity index is 2.29. The highest BCUT2D eigenvalue weighted by molar-refractivity contribution is 5.99.